The van der Waals surface area contributed by atoms with Gasteiger partial charge < -0.3 is 10.4 Å². The van der Waals surface area contributed by atoms with E-state index in [1.807, 2.05) is 0 Å². The van der Waals surface area contributed by atoms with Gasteiger partial charge in [-0.2, -0.15) is 0 Å². The van der Waals surface area contributed by atoms with Crippen molar-refractivity contribution < 1.29 is 19.5 Å². The first kappa shape index (κ1) is 16.1. The number of urea groups is 1. The number of aliphatic carboxylic acids is 1. The van der Waals surface area contributed by atoms with Crippen LogP contribution in [0.4, 0.5) is 4.79 Å². The smallest absolute Gasteiger partial charge is 0.321 e. The molecule has 0 bridgehead atoms. The van der Waals surface area contributed by atoms with Gasteiger partial charge in [-0.1, -0.05) is 6.08 Å². The molecule has 0 atom stereocenters. The van der Waals surface area contributed by atoms with E-state index in [0.29, 0.717) is 0 Å². The summed E-state index contributed by atoms with van der Waals surface area (Å²) in [6.45, 7) is 6.81. The number of hydrogen-bond donors (Lipinski definition) is 3. The molecule has 0 aromatic heterocycles. The average molecular weight is 257 g/mol. The monoisotopic (exact) mass is 257 g/mol. The largest absolute Gasteiger partial charge is 0.480 e. The first-order valence-corrected chi connectivity index (χ1v) is 5.51. The molecule has 0 aliphatic heterocycles. The minimum absolute atomic E-state index is 0.108. The molecule has 0 spiro atoms. The Kier molecular flexibility index (Phi) is 7.37. The summed E-state index contributed by atoms with van der Waals surface area (Å²) in [6.07, 6.45) is 1.48. The van der Waals surface area contributed by atoms with Crippen LogP contribution < -0.4 is 10.6 Å². The molecule has 3 amide bonds. The maximum Gasteiger partial charge on any atom is 0.321 e. The zero-order chi connectivity index (χ0) is 14.1. The Morgan fingerprint density at radius 2 is 1.94 bits per heavy atom. The third-order valence-corrected chi connectivity index (χ3v) is 2.08. The number of hydrogen-bond acceptors (Lipinski definition) is 4. The van der Waals surface area contributed by atoms with E-state index in [2.05, 4.69) is 17.2 Å². The van der Waals surface area contributed by atoms with Crippen molar-refractivity contribution in [2.75, 3.05) is 19.6 Å². The van der Waals surface area contributed by atoms with Crippen LogP contribution in [0.25, 0.3) is 0 Å². The summed E-state index contributed by atoms with van der Waals surface area (Å²) in [7, 11) is 0. The lowest BCUT2D eigenvalue weighted by Gasteiger charge is -2.23. The van der Waals surface area contributed by atoms with Gasteiger partial charge in [-0.25, -0.2) is 4.79 Å². The minimum Gasteiger partial charge on any atom is -0.480 e. The number of nitrogens with zero attached hydrogens (tertiary/aromatic N) is 1. The van der Waals surface area contributed by atoms with Crippen LogP contribution in [0.1, 0.15) is 13.8 Å². The third-order valence-electron chi connectivity index (χ3n) is 2.08. The molecule has 18 heavy (non-hydrogen) atoms. The topological polar surface area (TPSA) is 98.7 Å². The summed E-state index contributed by atoms with van der Waals surface area (Å²) in [5.74, 6) is -1.57. The van der Waals surface area contributed by atoms with Crippen molar-refractivity contribution in [2.45, 2.75) is 19.9 Å². The summed E-state index contributed by atoms with van der Waals surface area (Å²) in [6, 6.07) is -0.734. The van der Waals surface area contributed by atoms with Gasteiger partial charge in [0.25, 0.3) is 0 Å². The lowest BCUT2D eigenvalue weighted by atomic mass is 10.3. The maximum atomic E-state index is 11.5. The predicted octanol–water partition coefficient (Wildman–Crippen LogP) is -0.207. The van der Waals surface area contributed by atoms with E-state index < -0.39 is 17.9 Å². The zero-order valence-electron chi connectivity index (χ0n) is 10.6. The van der Waals surface area contributed by atoms with Gasteiger partial charge in [-0.05, 0) is 13.8 Å². The molecule has 7 heteroatoms. The van der Waals surface area contributed by atoms with Crippen molar-refractivity contribution in [1.82, 2.24) is 15.5 Å². The summed E-state index contributed by atoms with van der Waals surface area (Å²) >= 11 is 0. The molecule has 0 aromatic rings. The zero-order valence-corrected chi connectivity index (χ0v) is 10.6. The van der Waals surface area contributed by atoms with Crippen molar-refractivity contribution in [3.8, 4) is 0 Å². The first-order chi connectivity index (χ1) is 8.36. The summed E-state index contributed by atoms with van der Waals surface area (Å²) in [5, 5.41) is 13.2. The highest BCUT2D eigenvalue weighted by Gasteiger charge is 2.17. The van der Waals surface area contributed by atoms with Gasteiger partial charge in [-0.3, -0.25) is 19.8 Å². The Hall–Kier alpha value is -1.89. The van der Waals surface area contributed by atoms with Gasteiger partial charge in [0.15, 0.2) is 0 Å². The standard InChI is InChI=1S/C11H19N3O4/c1-4-5-12-11(18)13-9(15)6-14(8(2)3)7-10(16)17/h4,8H,1,5-7H2,2-3H3,(H,16,17)(H2,12,13,15,18). The van der Waals surface area contributed by atoms with E-state index in [1.54, 1.807) is 13.8 Å². The predicted molar refractivity (Wildman–Crippen MR) is 66.1 cm³/mol. The number of amides is 3. The van der Waals surface area contributed by atoms with Crippen LogP contribution in [0, 0.1) is 0 Å². The molecule has 0 aliphatic rings. The van der Waals surface area contributed by atoms with E-state index in [-0.39, 0.29) is 25.7 Å². The highest BCUT2D eigenvalue weighted by Crippen LogP contribution is 1.96. The molecule has 0 saturated carbocycles. The fourth-order valence-electron chi connectivity index (χ4n) is 1.15. The SMILES string of the molecule is C=CCNC(=O)NC(=O)CN(CC(=O)O)C(C)C. The van der Waals surface area contributed by atoms with E-state index in [1.165, 1.54) is 11.0 Å². The lowest BCUT2D eigenvalue weighted by Crippen LogP contribution is -2.47. The molecule has 0 saturated heterocycles. The van der Waals surface area contributed by atoms with Crippen molar-refractivity contribution in [3.05, 3.63) is 12.7 Å². The summed E-state index contributed by atoms with van der Waals surface area (Å²) in [4.78, 5) is 34.7. The summed E-state index contributed by atoms with van der Waals surface area (Å²) in [5.41, 5.74) is 0. The van der Waals surface area contributed by atoms with Crippen LogP contribution in [0.5, 0.6) is 0 Å². The van der Waals surface area contributed by atoms with Crippen molar-refractivity contribution >= 4 is 17.9 Å². The van der Waals surface area contributed by atoms with Gasteiger partial charge in [0.05, 0.1) is 13.1 Å². The number of rotatable bonds is 7. The lowest BCUT2D eigenvalue weighted by molar-refractivity contribution is -0.139. The fraction of sp³-hybridized carbons (Fsp3) is 0.545. The van der Waals surface area contributed by atoms with Gasteiger partial charge in [0.2, 0.25) is 5.91 Å². The van der Waals surface area contributed by atoms with Crippen LogP contribution in [0.3, 0.4) is 0 Å². The van der Waals surface area contributed by atoms with Crippen LogP contribution in [-0.2, 0) is 9.59 Å². The van der Waals surface area contributed by atoms with Crippen LogP contribution in [0.15, 0.2) is 12.7 Å². The number of carboxylic acid groups (broad SMARTS) is 1. The number of imide groups is 1. The van der Waals surface area contributed by atoms with Gasteiger partial charge in [-0.15, -0.1) is 6.58 Å². The van der Waals surface area contributed by atoms with Crippen LogP contribution in [0.2, 0.25) is 0 Å². The Morgan fingerprint density at radius 3 is 2.39 bits per heavy atom. The second kappa shape index (κ2) is 8.24. The van der Waals surface area contributed by atoms with E-state index in [4.69, 9.17) is 5.11 Å². The molecule has 102 valence electrons. The van der Waals surface area contributed by atoms with E-state index in [9.17, 15) is 14.4 Å². The normalized spacial score (nSPS) is 10.2. The van der Waals surface area contributed by atoms with Crippen LogP contribution >= 0.6 is 0 Å². The molecule has 0 radical (unpaired) electrons. The molecule has 0 fully saturated rings. The van der Waals surface area contributed by atoms with Crippen LogP contribution in [-0.4, -0.2) is 53.6 Å². The average Bonchev–Trinajstić information content (AvgIpc) is 2.24. The van der Waals surface area contributed by atoms with Gasteiger partial charge >= 0.3 is 12.0 Å². The first-order valence-electron chi connectivity index (χ1n) is 5.51. The van der Waals surface area contributed by atoms with Crippen molar-refractivity contribution in [1.29, 1.82) is 0 Å². The number of carbonyl (C=O) groups excluding carboxylic acids is 2. The fourth-order valence-corrected chi connectivity index (χ4v) is 1.15. The molecule has 0 rings (SSSR count). The van der Waals surface area contributed by atoms with Gasteiger partial charge in [0, 0.05) is 12.6 Å². The number of nitrogens with one attached hydrogen (secondary N) is 2. The quantitative estimate of drug-likeness (QED) is 0.548. The van der Waals surface area contributed by atoms with E-state index in [0.717, 1.165) is 0 Å². The Balaban J connectivity index is 4.21. The number of carbonyl (C=O) groups is 3. The molecule has 0 heterocycles. The molecule has 0 unspecified atom stereocenters. The highest BCUT2D eigenvalue weighted by molar-refractivity contribution is 5.95. The molecule has 0 aliphatic carbocycles. The van der Waals surface area contributed by atoms with Gasteiger partial charge in [0.1, 0.15) is 0 Å². The Bertz CT molecular complexity index is 328. The van der Waals surface area contributed by atoms with Crippen molar-refractivity contribution in [2.24, 2.45) is 0 Å². The number of carboxylic acids is 1. The highest BCUT2D eigenvalue weighted by atomic mass is 16.4. The minimum atomic E-state index is -1.02. The van der Waals surface area contributed by atoms with E-state index >= 15 is 0 Å². The molecule has 3 N–H and O–H groups in total. The molecular formula is C11H19N3O4. The van der Waals surface area contributed by atoms with Crippen molar-refractivity contribution in [3.63, 3.8) is 0 Å². The third kappa shape index (κ3) is 7.39. The molecule has 0 aromatic carbocycles. The Labute approximate surface area is 106 Å². The molecular weight excluding hydrogens is 238 g/mol. The molecule has 7 nitrogen and oxygen atoms in total. The second-order valence-corrected chi connectivity index (χ2v) is 3.94. The summed E-state index contributed by atoms with van der Waals surface area (Å²) < 4.78 is 0. The Morgan fingerprint density at radius 1 is 1.33 bits per heavy atom. The maximum absolute atomic E-state index is 11.5. The second-order valence-electron chi connectivity index (χ2n) is 3.94.